The number of amides is 1. The maximum Gasteiger partial charge on any atom is 0.227 e. The van der Waals surface area contributed by atoms with Crippen LogP contribution in [0.3, 0.4) is 0 Å². The topological polar surface area (TPSA) is 58.6 Å². The maximum atomic E-state index is 12.4. The molecule has 7 heteroatoms. The van der Waals surface area contributed by atoms with Gasteiger partial charge in [0.2, 0.25) is 5.91 Å². The molecule has 1 aromatic rings. The average molecular weight is 350 g/mol. The largest absolute Gasteiger partial charge is 0.381 e. The van der Waals surface area contributed by atoms with E-state index in [0.717, 1.165) is 56.5 Å². The SMILES string of the molecule is CSc1nccc(N2CCC(CN(C)C(=O)C3CCOC3)CC2)n1. The highest BCUT2D eigenvalue weighted by molar-refractivity contribution is 7.98. The molecule has 0 bridgehead atoms. The second kappa shape index (κ2) is 8.16. The predicted octanol–water partition coefficient (Wildman–Crippen LogP) is 1.91. The Balaban J connectivity index is 1.48. The standard InChI is InChI=1S/C17H26N4O2S/c1-20(16(22)14-6-10-23-12-14)11-13-4-8-21(9-5-13)15-3-7-18-17(19-15)24-2/h3,7,13-14H,4-6,8-12H2,1-2H3. The molecule has 3 rings (SSSR count). The van der Waals surface area contributed by atoms with Crippen LogP contribution in [0.25, 0.3) is 0 Å². The molecule has 1 amide bonds. The van der Waals surface area contributed by atoms with Crippen LogP contribution in [0, 0.1) is 11.8 Å². The summed E-state index contributed by atoms with van der Waals surface area (Å²) >= 11 is 1.57. The number of thioether (sulfide) groups is 1. The van der Waals surface area contributed by atoms with Crippen molar-refractivity contribution < 1.29 is 9.53 Å². The number of hydrogen-bond acceptors (Lipinski definition) is 6. The van der Waals surface area contributed by atoms with Crippen molar-refractivity contribution in [1.82, 2.24) is 14.9 Å². The fourth-order valence-corrected chi connectivity index (χ4v) is 3.82. The lowest BCUT2D eigenvalue weighted by molar-refractivity contribution is -0.134. The molecule has 0 spiro atoms. The first-order valence-electron chi connectivity index (χ1n) is 8.62. The number of rotatable bonds is 5. The van der Waals surface area contributed by atoms with Crippen LogP contribution < -0.4 is 4.90 Å². The molecular weight excluding hydrogens is 324 g/mol. The summed E-state index contributed by atoms with van der Waals surface area (Å²) in [4.78, 5) is 25.4. The number of piperidine rings is 1. The quantitative estimate of drug-likeness (QED) is 0.597. The summed E-state index contributed by atoms with van der Waals surface area (Å²) < 4.78 is 5.33. The molecule has 0 aromatic carbocycles. The van der Waals surface area contributed by atoms with Gasteiger partial charge in [-0.25, -0.2) is 9.97 Å². The van der Waals surface area contributed by atoms with E-state index in [1.54, 1.807) is 11.8 Å². The lowest BCUT2D eigenvalue weighted by Gasteiger charge is -2.35. The fraction of sp³-hybridized carbons (Fsp3) is 0.706. The van der Waals surface area contributed by atoms with Crippen molar-refractivity contribution in [2.75, 3.05) is 51.1 Å². The minimum atomic E-state index is 0.0704. The highest BCUT2D eigenvalue weighted by Gasteiger charge is 2.28. The molecule has 0 aliphatic carbocycles. The van der Waals surface area contributed by atoms with E-state index in [1.165, 1.54) is 0 Å². The van der Waals surface area contributed by atoms with Gasteiger partial charge in [0.1, 0.15) is 5.82 Å². The molecule has 0 N–H and O–H groups in total. The van der Waals surface area contributed by atoms with Gasteiger partial charge in [-0.05, 0) is 37.5 Å². The summed E-state index contributed by atoms with van der Waals surface area (Å²) in [6, 6.07) is 1.98. The highest BCUT2D eigenvalue weighted by atomic mass is 32.2. The molecule has 2 aliphatic rings. The Hall–Kier alpha value is -1.34. The third kappa shape index (κ3) is 4.19. The molecular formula is C17H26N4O2S. The number of carbonyl (C=O) groups is 1. The molecule has 1 atom stereocenters. The van der Waals surface area contributed by atoms with E-state index < -0.39 is 0 Å². The second-order valence-electron chi connectivity index (χ2n) is 6.61. The molecule has 0 radical (unpaired) electrons. The Morgan fingerprint density at radius 2 is 2.21 bits per heavy atom. The zero-order valence-corrected chi connectivity index (χ0v) is 15.3. The summed E-state index contributed by atoms with van der Waals surface area (Å²) in [5.41, 5.74) is 0. The normalized spacial score (nSPS) is 21.9. The van der Waals surface area contributed by atoms with Crippen molar-refractivity contribution in [3.8, 4) is 0 Å². The number of aromatic nitrogens is 2. The van der Waals surface area contributed by atoms with Gasteiger partial charge in [-0.2, -0.15) is 0 Å². The summed E-state index contributed by atoms with van der Waals surface area (Å²) in [5.74, 6) is 1.90. The molecule has 1 unspecified atom stereocenters. The lowest BCUT2D eigenvalue weighted by Crippen LogP contribution is -2.41. The van der Waals surface area contributed by atoms with E-state index in [2.05, 4.69) is 14.9 Å². The minimum absolute atomic E-state index is 0.0704. The van der Waals surface area contributed by atoms with Gasteiger partial charge in [-0.3, -0.25) is 4.79 Å². The van der Waals surface area contributed by atoms with Crippen molar-refractivity contribution in [2.45, 2.75) is 24.4 Å². The Labute approximate surface area is 148 Å². The van der Waals surface area contributed by atoms with Crippen molar-refractivity contribution in [3.05, 3.63) is 12.3 Å². The van der Waals surface area contributed by atoms with E-state index >= 15 is 0 Å². The van der Waals surface area contributed by atoms with Gasteiger partial charge >= 0.3 is 0 Å². The van der Waals surface area contributed by atoms with E-state index in [4.69, 9.17) is 4.74 Å². The molecule has 2 saturated heterocycles. The smallest absolute Gasteiger partial charge is 0.227 e. The maximum absolute atomic E-state index is 12.4. The lowest BCUT2D eigenvalue weighted by atomic mass is 9.95. The minimum Gasteiger partial charge on any atom is -0.381 e. The third-order valence-electron chi connectivity index (χ3n) is 4.93. The fourth-order valence-electron chi connectivity index (χ4n) is 3.47. The van der Waals surface area contributed by atoms with Crippen LogP contribution in [-0.4, -0.2) is 66.9 Å². The van der Waals surface area contributed by atoms with Crippen LogP contribution in [0.5, 0.6) is 0 Å². The van der Waals surface area contributed by atoms with Crippen LogP contribution in [0.4, 0.5) is 5.82 Å². The van der Waals surface area contributed by atoms with E-state index in [9.17, 15) is 4.79 Å². The second-order valence-corrected chi connectivity index (χ2v) is 7.38. The summed E-state index contributed by atoms with van der Waals surface area (Å²) in [5, 5.41) is 0.818. The van der Waals surface area contributed by atoms with Gasteiger partial charge in [0, 0.05) is 39.5 Å². The number of carbonyl (C=O) groups excluding carboxylic acids is 1. The van der Waals surface area contributed by atoms with Crippen LogP contribution >= 0.6 is 11.8 Å². The van der Waals surface area contributed by atoms with Crippen molar-refractivity contribution >= 4 is 23.5 Å². The number of nitrogens with zero attached hydrogens (tertiary/aromatic N) is 4. The van der Waals surface area contributed by atoms with Gasteiger partial charge in [0.15, 0.2) is 5.16 Å². The molecule has 2 fully saturated rings. The van der Waals surface area contributed by atoms with E-state index in [-0.39, 0.29) is 11.8 Å². The monoisotopic (exact) mass is 350 g/mol. The summed E-state index contributed by atoms with van der Waals surface area (Å²) in [6.45, 7) is 4.14. The number of anilines is 1. The molecule has 6 nitrogen and oxygen atoms in total. The van der Waals surface area contributed by atoms with Gasteiger partial charge in [0.25, 0.3) is 0 Å². The number of ether oxygens (including phenoxy) is 1. The Morgan fingerprint density at radius 3 is 2.88 bits per heavy atom. The Bertz CT molecular complexity index is 557. The van der Waals surface area contributed by atoms with Crippen molar-refractivity contribution in [3.63, 3.8) is 0 Å². The van der Waals surface area contributed by atoms with Gasteiger partial charge < -0.3 is 14.5 Å². The van der Waals surface area contributed by atoms with Crippen molar-refractivity contribution in [1.29, 1.82) is 0 Å². The van der Waals surface area contributed by atoms with Gasteiger partial charge in [0.05, 0.1) is 12.5 Å². The first kappa shape index (κ1) is 17.5. The zero-order chi connectivity index (χ0) is 16.9. The van der Waals surface area contributed by atoms with Crippen LogP contribution in [0.15, 0.2) is 17.4 Å². The van der Waals surface area contributed by atoms with Crippen molar-refractivity contribution in [2.24, 2.45) is 11.8 Å². The first-order chi connectivity index (χ1) is 11.7. The van der Waals surface area contributed by atoms with Crippen LogP contribution in [0.1, 0.15) is 19.3 Å². The van der Waals surface area contributed by atoms with Crippen LogP contribution in [0.2, 0.25) is 0 Å². The average Bonchev–Trinajstić information content (AvgIpc) is 3.16. The van der Waals surface area contributed by atoms with E-state index in [1.807, 2.05) is 30.5 Å². The Kier molecular flexibility index (Phi) is 5.94. The molecule has 0 saturated carbocycles. The van der Waals surface area contributed by atoms with Gasteiger partial charge in [-0.15, -0.1) is 0 Å². The molecule has 3 heterocycles. The predicted molar refractivity (Wildman–Crippen MR) is 95.3 cm³/mol. The molecule has 1 aromatic heterocycles. The molecule has 2 aliphatic heterocycles. The Morgan fingerprint density at radius 1 is 1.42 bits per heavy atom. The summed E-state index contributed by atoms with van der Waals surface area (Å²) in [7, 11) is 1.93. The molecule has 24 heavy (non-hydrogen) atoms. The molecule has 132 valence electrons. The highest BCUT2D eigenvalue weighted by Crippen LogP contribution is 2.24. The zero-order valence-electron chi connectivity index (χ0n) is 14.5. The third-order valence-corrected chi connectivity index (χ3v) is 5.49. The first-order valence-corrected chi connectivity index (χ1v) is 9.84. The van der Waals surface area contributed by atoms with Crippen LogP contribution in [-0.2, 0) is 9.53 Å². The number of hydrogen-bond donors (Lipinski definition) is 0. The van der Waals surface area contributed by atoms with Gasteiger partial charge in [-0.1, -0.05) is 11.8 Å². The summed E-state index contributed by atoms with van der Waals surface area (Å²) in [6.07, 6.45) is 6.88. The van der Waals surface area contributed by atoms with E-state index in [0.29, 0.717) is 12.5 Å².